The first-order valence-electron chi connectivity index (χ1n) is 6.90. The molecule has 2 rings (SSSR count). The fraction of sp³-hybridized carbons (Fsp3) is 0.769. The molecule has 2 atom stereocenters. The number of hydrogen-bond donors (Lipinski definition) is 1. The van der Waals surface area contributed by atoms with Crippen LogP contribution in [0.25, 0.3) is 0 Å². The predicted molar refractivity (Wildman–Crippen MR) is 81.2 cm³/mol. The molecule has 0 bridgehead atoms. The maximum atomic E-state index is 12.2. The van der Waals surface area contributed by atoms with E-state index in [1.54, 1.807) is 11.8 Å². The van der Waals surface area contributed by atoms with Crippen LogP contribution in [0.5, 0.6) is 0 Å². The van der Waals surface area contributed by atoms with Gasteiger partial charge in [-0.2, -0.15) is 4.37 Å². The van der Waals surface area contributed by atoms with Crippen LogP contribution < -0.4 is 5.32 Å². The second kappa shape index (κ2) is 6.87. The van der Waals surface area contributed by atoms with E-state index in [2.05, 4.69) is 14.7 Å². The summed E-state index contributed by atoms with van der Waals surface area (Å²) in [5.74, 6) is 0.678. The molecule has 1 N–H and O–H groups in total. The van der Waals surface area contributed by atoms with Crippen LogP contribution in [-0.4, -0.2) is 39.8 Å². The molecule has 1 aliphatic rings. The van der Waals surface area contributed by atoms with E-state index < -0.39 is 5.54 Å². The second-order valence-electron chi connectivity index (χ2n) is 5.05. The molecule has 7 heteroatoms. The number of aryl methyl sites for hydroxylation is 1. The minimum atomic E-state index is -0.529. The Bertz CT molecular complexity index is 462. The Morgan fingerprint density at radius 2 is 2.45 bits per heavy atom. The molecule has 0 radical (unpaired) electrons. The molecule has 112 valence electrons. The lowest BCUT2D eigenvalue weighted by Crippen LogP contribution is -2.55. The van der Waals surface area contributed by atoms with E-state index in [0.29, 0.717) is 5.25 Å². The quantitative estimate of drug-likeness (QED) is 0.842. The number of rotatable bonds is 5. The van der Waals surface area contributed by atoms with Crippen LogP contribution in [0.1, 0.15) is 38.4 Å². The molecule has 1 saturated carbocycles. The molecule has 1 aliphatic carbocycles. The third kappa shape index (κ3) is 3.51. The zero-order valence-electron chi connectivity index (χ0n) is 12.1. The summed E-state index contributed by atoms with van der Waals surface area (Å²) < 4.78 is 10.2. The molecule has 0 saturated heterocycles. The van der Waals surface area contributed by atoms with Crippen LogP contribution >= 0.6 is 23.3 Å². The van der Waals surface area contributed by atoms with Crippen molar-refractivity contribution in [3.8, 4) is 0 Å². The molecule has 0 aromatic carbocycles. The molecule has 1 heterocycles. The van der Waals surface area contributed by atoms with Crippen molar-refractivity contribution in [3.63, 3.8) is 0 Å². The summed E-state index contributed by atoms with van der Waals surface area (Å²) in [6.45, 7) is 4.69. The molecule has 20 heavy (non-hydrogen) atoms. The summed E-state index contributed by atoms with van der Waals surface area (Å²) in [4.78, 5) is 16.6. The highest BCUT2D eigenvalue weighted by atomic mass is 32.2. The van der Waals surface area contributed by atoms with Gasteiger partial charge in [0.2, 0.25) is 0 Å². The van der Waals surface area contributed by atoms with Gasteiger partial charge in [0.25, 0.3) is 0 Å². The van der Waals surface area contributed by atoms with Crippen LogP contribution in [0.2, 0.25) is 0 Å². The van der Waals surface area contributed by atoms with E-state index in [4.69, 9.17) is 4.74 Å². The maximum Gasteiger partial charge on any atom is 0.326 e. The molecule has 0 amide bonds. The topological polar surface area (TPSA) is 64.1 Å². The van der Waals surface area contributed by atoms with E-state index in [-0.39, 0.29) is 5.97 Å². The lowest BCUT2D eigenvalue weighted by Gasteiger charge is -2.38. The number of carbonyl (C=O) groups is 1. The van der Waals surface area contributed by atoms with Crippen LogP contribution in [0.4, 0.5) is 0 Å². The summed E-state index contributed by atoms with van der Waals surface area (Å²) >= 11 is 3.17. The van der Waals surface area contributed by atoms with Crippen molar-refractivity contribution in [1.82, 2.24) is 14.7 Å². The van der Waals surface area contributed by atoms with Gasteiger partial charge in [0.1, 0.15) is 11.4 Å². The van der Waals surface area contributed by atoms with Gasteiger partial charge in [-0.25, -0.2) is 4.98 Å². The average molecular weight is 315 g/mol. The normalized spacial score (nSPS) is 26.4. The SMILES string of the molecule is CCNC1(C(=O)OC)CCCC(Sc2nc(C)ns2)C1. The number of nitrogens with zero attached hydrogens (tertiary/aromatic N) is 2. The van der Waals surface area contributed by atoms with E-state index in [9.17, 15) is 4.79 Å². The first-order chi connectivity index (χ1) is 9.59. The van der Waals surface area contributed by atoms with Crippen molar-refractivity contribution in [2.45, 2.75) is 54.7 Å². The Kier molecular flexibility index (Phi) is 5.40. The van der Waals surface area contributed by atoms with Gasteiger partial charge in [0, 0.05) is 5.25 Å². The second-order valence-corrected chi connectivity index (χ2v) is 7.35. The Morgan fingerprint density at radius 3 is 3.05 bits per heavy atom. The Balaban J connectivity index is 2.07. The largest absolute Gasteiger partial charge is 0.468 e. The van der Waals surface area contributed by atoms with Crippen molar-refractivity contribution in [2.24, 2.45) is 0 Å². The Morgan fingerprint density at radius 1 is 1.65 bits per heavy atom. The van der Waals surface area contributed by atoms with Crippen molar-refractivity contribution in [2.75, 3.05) is 13.7 Å². The van der Waals surface area contributed by atoms with Crippen LogP contribution in [-0.2, 0) is 9.53 Å². The van der Waals surface area contributed by atoms with Gasteiger partial charge in [0.05, 0.1) is 7.11 Å². The number of likely N-dealkylation sites (N-methyl/N-ethyl adjacent to an activating group) is 1. The lowest BCUT2D eigenvalue weighted by atomic mass is 9.81. The minimum Gasteiger partial charge on any atom is -0.468 e. The number of thioether (sulfide) groups is 1. The van der Waals surface area contributed by atoms with Gasteiger partial charge < -0.3 is 10.1 Å². The van der Waals surface area contributed by atoms with Crippen molar-refractivity contribution < 1.29 is 9.53 Å². The summed E-state index contributed by atoms with van der Waals surface area (Å²) in [5.41, 5.74) is -0.529. The van der Waals surface area contributed by atoms with E-state index in [0.717, 1.165) is 42.4 Å². The summed E-state index contributed by atoms with van der Waals surface area (Å²) in [6, 6.07) is 0. The molecule has 0 aliphatic heterocycles. The zero-order valence-corrected chi connectivity index (χ0v) is 13.8. The molecule has 2 unspecified atom stereocenters. The van der Waals surface area contributed by atoms with E-state index in [1.807, 2.05) is 13.8 Å². The Hall–Kier alpha value is -0.660. The molecular formula is C13H21N3O2S2. The third-order valence-electron chi connectivity index (χ3n) is 3.57. The average Bonchev–Trinajstić information content (AvgIpc) is 2.84. The van der Waals surface area contributed by atoms with Gasteiger partial charge in [-0.15, -0.1) is 0 Å². The number of ether oxygens (including phenoxy) is 1. The summed E-state index contributed by atoms with van der Waals surface area (Å²) in [6.07, 6.45) is 3.77. The van der Waals surface area contributed by atoms with Crippen molar-refractivity contribution >= 4 is 29.3 Å². The van der Waals surface area contributed by atoms with Crippen molar-refractivity contribution in [3.05, 3.63) is 5.82 Å². The molecule has 1 fully saturated rings. The van der Waals surface area contributed by atoms with E-state index in [1.165, 1.54) is 18.6 Å². The molecule has 1 aromatic rings. The van der Waals surface area contributed by atoms with Gasteiger partial charge >= 0.3 is 5.97 Å². The highest BCUT2D eigenvalue weighted by Gasteiger charge is 2.43. The number of carbonyl (C=O) groups excluding carboxylic acids is 1. The van der Waals surface area contributed by atoms with E-state index >= 15 is 0 Å². The zero-order chi connectivity index (χ0) is 14.6. The standard InChI is InChI=1S/C13H21N3O2S2/c1-4-14-13(11(17)18-3)7-5-6-10(8-13)19-12-15-9(2)16-20-12/h10,14H,4-8H2,1-3H3. The monoisotopic (exact) mass is 315 g/mol. The van der Waals surface area contributed by atoms with Gasteiger partial charge in [-0.3, -0.25) is 4.79 Å². The number of esters is 1. The highest BCUT2D eigenvalue weighted by Crippen LogP contribution is 2.39. The summed E-state index contributed by atoms with van der Waals surface area (Å²) in [7, 11) is 1.46. The number of methoxy groups -OCH3 is 1. The summed E-state index contributed by atoms with van der Waals surface area (Å²) in [5, 5.41) is 3.73. The minimum absolute atomic E-state index is 0.141. The number of aromatic nitrogens is 2. The van der Waals surface area contributed by atoms with Gasteiger partial charge in [-0.1, -0.05) is 18.7 Å². The molecule has 5 nitrogen and oxygen atoms in total. The number of hydrogen-bond acceptors (Lipinski definition) is 7. The molecular weight excluding hydrogens is 294 g/mol. The van der Waals surface area contributed by atoms with Crippen molar-refractivity contribution in [1.29, 1.82) is 0 Å². The third-order valence-corrected chi connectivity index (χ3v) is 5.72. The maximum absolute atomic E-state index is 12.2. The first kappa shape index (κ1) is 15.7. The molecule has 0 spiro atoms. The highest BCUT2D eigenvalue weighted by molar-refractivity contribution is 8.01. The van der Waals surface area contributed by atoms with Crippen LogP contribution in [0, 0.1) is 6.92 Å². The fourth-order valence-electron chi connectivity index (χ4n) is 2.75. The van der Waals surface area contributed by atoms with Gasteiger partial charge in [-0.05, 0) is 50.7 Å². The number of nitrogens with one attached hydrogen (secondary N) is 1. The van der Waals surface area contributed by atoms with Crippen LogP contribution in [0.15, 0.2) is 4.34 Å². The lowest BCUT2D eigenvalue weighted by molar-refractivity contribution is -0.150. The predicted octanol–water partition coefficient (Wildman–Crippen LogP) is 2.40. The fourth-order valence-corrected chi connectivity index (χ4v) is 4.98. The smallest absolute Gasteiger partial charge is 0.326 e. The van der Waals surface area contributed by atoms with Crippen LogP contribution in [0.3, 0.4) is 0 Å². The molecule has 1 aromatic heterocycles. The first-order valence-corrected chi connectivity index (χ1v) is 8.55. The Labute approximate surface area is 128 Å². The van der Waals surface area contributed by atoms with Gasteiger partial charge in [0.15, 0.2) is 4.34 Å².